The van der Waals surface area contributed by atoms with Gasteiger partial charge in [-0.3, -0.25) is 4.79 Å². The number of likely N-dealkylation sites (tertiary alicyclic amines) is 1. The fraction of sp³-hybridized carbons (Fsp3) is 0.467. The van der Waals surface area contributed by atoms with Crippen LogP contribution >= 0.6 is 0 Å². The van der Waals surface area contributed by atoms with Crippen LogP contribution in [0.25, 0.3) is 0 Å². The number of β-amino-alcohol motifs (C(OH)–C–C–N with tert-alkyl or cyclic N) is 1. The molecule has 1 heterocycles. The second-order valence-electron chi connectivity index (χ2n) is 5.28. The molecule has 2 atom stereocenters. The molecule has 0 spiro atoms. The lowest BCUT2D eigenvalue weighted by molar-refractivity contribution is -0.148. The maximum absolute atomic E-state index is 12.4. The fourth-order valence-electron chi connectivity index (χ4n) is 2.63. The van der Waals surface area contributed by atoms with Crippen LogP contribution in [0.4, 0.5) is 0 Å². The number of aliphatic hydroxyl groups excluding tert-OH is 1. The zero-order chi connectivity index (χ0) is 15.6. The number of aryl methyl sites for hydroxylation is 1. The molecular formula is C15H19NO5. The highest BCUT2D eigenvalue weighted by Crippen LogP contribution is 2.24. The van der Waals surface area contributed by atoms with Gasteiger partial charge in [0.25, 0.3) is 0 Å². The van der Waals surface area contributed by atoms with Crippen LogP contribution in [0.15, 0.2) is 18.2 Å². The number of hydrogen-bond acceptors (Lipinski definition) is 4. The molecule has 1 aromatic rings. The summed E-state index contributed by atoms with van der Waals surface area (Å²) in [5, 5.41) is 18.7. The number of ether oxygens (including phenoxy) is 1. The zero-order valence-corrected chi connectivity index (χ0v) is 12.1. The first-order valence-corrected chi connectivity index (χ1v) is 6.76. The van der Waals surface area contributed by atoms with Crippen molar-refractivity contribution >= 4 is 11.9 Å². The van der Waals surface area contributed by atoms with Crippen molar-refractivity contribution in [2.75, 3.05) is 13.7 Å². The minimum absolute atomic E-state index is 0.0569. The number of aliphatic hydroxyl groups is 1. The van der Waals surface area contributed by atoms with Gasteiger partial charge in [0.05, 0.1) is 19.6 Å². The summed E-state index contributed by atoms with van der Waals surface area (Å²) in [4.78, 5) is 24.7. The predicted molar refractivity (Wildman–Crippen MR) is 75.2 cm³/mol. The number of hydrogen-bond donors (Lipinski definition) is 2. The van der Waals surface area contributed by atoms with Gasteiger partial charge in [-0.05, 0) is 13.0 Å². The monoisotopic (exact) mass is 293 g/mol. The summed E-state index contributed by atoms with van der Waals surface area (Å²) in [6.07, 6.45) is -0.651. The van der Waals surface area contributed by atoms with Crippen LogP contribution in [0.5, 0.6) is 5.75 Å². The normalized spacial score (nSPS) is 21.4. The van der Waals surface area contributed by atoms with Gasteiger partial charge in [-0.2, -0.15) is 0 Å². The first-order chi connectivity index (χ1) is 9.92. The van der Waals surface area contributed by atoms with Crippen molar-refractivity contribution in [2.24, 2.45) is 0 Å². The molecular weight excluding hydrogens is 274 g/mol. The second kappa shape index (κ2) is 6.13. The van der Waals surface area contributed by atoms with E-state index in [9.17, 15) is 14.7 Å². The van der Waals surface area contributed by atoms with Gasteiger partial charge in [-0.1, -0.05) is 17.7 Å². The van der Waals surface area contributed by atoms with Gasteiger partial charge < -0.3 is 19.8 Å². The van der Waals surface area contributed by atoms with Crippen LogP contribution in [-0.4, -0.2) is 52.8 Å². The molecule has 1 aromatic carbocycles. The largest absolute Gasteiger partial charge is 0.496 e. The number of carboxylic acids is 1. The maximum Gasteiger partial charge on any atom is 0.326 e. The predicted octanol–water partition coefficient (Wildman–Crippen LogP) is 0.593. The quantitative estimate of drug-likeness (QED) is 0.848. The number of rotatable bonds is 4. The lowest BCUT2D eigenvalue weighted by atomic mass is 10.1. The van der Waals surface area contributed by atoms with Gasteiger partial charge >= 0.3 is 5.97 Å². The minimum Gasteiger partial charge on any atom is -0.496 e. The lowest BCUT2D eigenvalue weighted by Gasteiger charge is -2.21. The van der Waals surface area contributed by atoms with Crippen LogP contribution < -0.4 is 4.74 Å². The number of carboxylic acid groups (broad SMARTS) is 1. The molecule has 6 heteroatoms. The van der Waals surface area contributed by atoms with Crippen molar-refractivity contribution in [1.29, 1.82) is 0 Å². The van der Waals surface area contributed by atoms with Crippen molar-refractivity contribution in [3.63, 3.8) is 0 Å². The maximum atomic E-state index is 12.4. The molecule has 0 unspecified atom stereocenters. The summed E-state index contributed by atoms with van der Waals surface area (Å²) in [7, 11) is 1.53. The van der Waals surface area contributed by atoms with E-state index in [4.69, 9.17) is 9.84 Å². The minimum atomic E-state index is -1.09. The zero-order valence-electron chi connectivity index (χ0n) is 12.1. The number of methoxy groups -OCH3 is 1. The summed E-state index contributed by atoms with van der Waals surface area (Å²) in [6, 6.07) is 4.56. The first kappa shape index (κ1) is 15.3. The van der Waals surface area contributed by atoms with Gasteiger partial charge in [0.1, 0.15) is 11.8 Å². The van der Waals surface area contributed by atoms with Gasteiger partial charge in [0.15, 0.2) is 0 Å². The van der Waals surface area contributed by atoms with Crippen LogP contribution in [0.3, 0.4) is 0 Å². The van der Waals surface area contributed by atoms with E-state index in [0.29, 0.717) is 11.3 Å². The van der Waals surface area contributed by atoms with Gasteiger partial charge in [0.2, 0.25) is 5.91 Å². The highest BCUT2D eigenvalue weighted by molar-refractivity contribution is 5.86. The number of nitrogens with zero attached hydrogens (tertiary/aromatic N) is 1. The molecule has 0 aliphatic carbocycles. The Bertz CT molecular complexity index is 557. The fourth-order valence-corrected chi connectivity index (χ4v) is 2.63. The highest BCUT2D eigenvalue weighted by atomic mass is 16.5. The van der Waals surface area contributed by atoms with Crippen molar-refractivity contribution in [1.82, 2.24) is 4.90 Å². The van der Waals surface area contributed by atoms with Crippen molar-refractivity contribution in [3.8, 4) is 5.75 Å². The van der Waals surface area contributed by atoms with Gasteiger partial charge in [-0.25, -0.2) is 4.79 Å². The Morgan fingerprint density at radius 3 is 2.76 bits per heavy atom. The summed E-state index contributed by atoms with van der Waals surface area (Å²) < 4.78 is 5.22. The molecule has 2 rings (SSSR count). The Balaban J connectivity index is 2.18. The molecule has 21 heavy (non-hydrogen) atoms. The Morgan fingerprint density at radius 1 is 1.43 bits per heavy atom. The van der Waals surface area contributed by atoms with Crippen LogP contribution in [0.1, 0.15) is 17.5 Å². The topological polar surface area (TPSA) is 87.1 Å². The van der Waals surface area contributed by atoms with Gasteiger partial charge in [0, 0.05) is 18.5 Å². The summed E-state index contributed by atoms with van der Waals surface area (Å²) in [5.41, 5.74) is 1.71. The van der Waals surface area contributed by atoms with E-state index in [1.807, 2.05) is 19.1 Å². The van der Waals surface area contributed by atoms with E-state index in [1.54, 1.807) is 6.07 Å². The molecule has 1 fully saturated rings. The standard InChI is InChI=1S/C15H19NO5/c1-9-3-4-13(21-2)10(5-9)6-14(18)16-8-11(17)7-12(16)15(19)20/h3-5,11-12,17H,6-8H2,1-2H3,(H,19,20)/t11-,12-/m0/s1. The number of amides is 1. The van der Waals surface area contributed by atoms with E-state index < -0.39 is 18.1 Å². The average molecular weight is 293 g/mol. The summed E-state index contributed by atoms with van der Waals surface area (Å²) >= 11 is 0. The van der Waals surface area contributed by atoms with E-state index in [2.05, 4.69) is 0 Å². The number of carbonyl (C=O) groups excluding carboxylic acids is 1. The lowest BCUT2D eigenvalue weighted by Crippen LogP contribution is -2.41. The number of aliphatic carboxylic acids is 1. The summed E-state index contributed by atoms with van der Waals surface area (Å²) in [6.45, 7) is 1.97. The highest BCUT2D eigenvalue weighted by Gasteiger charge is 2.38. The molecule has 1 aliphatic heterocycles. The molecule has 1 amide bonds. The second-order valence-corrected chi connectivity index (χ2v) is 5.28. The third kappa shape index (κ3) is 3.33. The van der Waals surface area contributed by atoms with E-state index >= 15 is 0 Å². The Kier molecular flexibility index (Phi) is 4.47. The average Bonchev–Trinajstić information content (AvgIpc) is 2.81. The Labute approximate surface area is 122 Å². The molecule has 0 bridgehead atoms. The number of carbonyl (C=O) groups is 2. The SMILES string of the molecule is COc1ccc(C)cc1CC(=O)N1C[C@@H](O)C[C@H]1C(=O)O. The van der Waals surface area contributed by atoms with Crippen LogP contribution in [0.2, 0.25) is 0 Å². The van der Waals surface area contributed by atoms with Crippen LogP contribution in [-0.2, 0) is 16.0 Å². The first-order valence-electron chi connectivity index (χ1n) is 6.76. The number of benzene rings is 1. The molecule has 1 saturated heterocycles. The third-order valence-electron chi connectivity index (χ3n) is 3.66. The van der Waals surface area contributed by atoms with Crippen molar-refractivity contribution in [2.45, 2.75) is 31.9 Å². The molecule has 0 aromatic heterocycles. The Hall–Kier alpha value is -2.08. The molecule has 0 radical (unpaired) electrons. The van der Waals surface area contributed by atoms with E-state index in [-0.39, 0.29) is 25.3 Å². The molecule has 0 saturated carbocycles. The van der Waals surface area contributed by atoms with E-state index in [1.165, 1.54) is 12.0 Å². The molecule has 2 N–H and O–H groups in total. The van der Waals surface area contributed by atoms with Crippen molar-refractivity contribution < 1.29 is 24.5 Å². The van der Waals surface area contributed by atoms with Crippen LogP contribution in [0, 0.1) is 6.92 Å². The third-order valence-corrected chi connectivity index (χ3v) is 3.66. The Morgan fingerprint density at radius 2 is 2.14 bits per heavy atom. The smallest absolute Gasteiger partial charge is 0.326 e. The van der Waals surface area contributed by atoms with E-state index in [0.717, 1.165) is 5.56 Å². The molecule has 1 aliphatic rings. The van der Waals surface area contributed by atoms with Gasteiger partial charge in [-0.15, -0.1) is 0 Å². The molecule has 6 nitrogen and oxygen atoms in total. The molecule has 114 valence electrons. The van der Waals surface area contributed by atoms with Crippen molar-refractivity contribution in [3.05, 3.63) is 29.3 Å². The summed E-state index contributed by atoms with van der Waals surface area (Å²) in [5.74, 6) is -0.806.